The number of piperidine rings is 1. The molecule has 2 heterocycles. The van der Waals surface area contributed by atoms with Crippen LogP contribution in [-0.4, -0.2) is 50.7 Å². The number of amides is 1. The van der Waals surface area contributed by atoms with E-state index < -0.39 is 17.0 Å². The van der Waals surface area contributed by atoms with Crippen molar-refractivity contribution in [1.29, 1.82) is 0 Å². The van der Waals surface area contributed by atoms with Gasteiger partial charge in [-0.2, -0.15) is 0 Å². The zero-order valence-corrected chi connectivity index (χ0v) is 18.3. The van der Waals surface area contributed by atoms with Crippen LogP contribution in [0.2, 0.25) is 0 Å². The molecule has 3 fully saturated rings. The molecule has 33 heavy (non-hydrogen) atoms. The van der Waals surface area contributed by atoms with E-state index in [0.29, 0.717) is 45.2 Å². The van der Waals surface area contributed by atoms with Crippen molar-refractivity contribution in [2.24, 2.45) is 5.41 Å². The van der Waals surface area contributed by atoms with Crippen LogP contribution >= 0.6 is 0 Å². The Balaban J connectivity index is 1.24. The van der Waals surface area contributed by atoms with Gasteiger partial charge in [-0.25, -0.2) is 0 Å². The molecule has 6 nitrogen and oxygen atoms in total. The largest absolute Gasteiger partial charge is 0.481 e. The molecule has 1 unspecified atom stereocenters. The summed E-state index contributed by atoms with van der Waals surface area (Å²) < 4.78 is 0. The van der Waals surface area contributed by atoms with Crippen LogP contribution in [0.3, 0.4) is 0 Å². The number of hydrogen-bond acceptors (Lipinski definition) is 4. The van der Waals surface area contributed by atoms with Crippen molar-refractivity contribution in [2.75, 3.05) is 13.1 Å². The molecule has 1 aromatic heterocycles. The number of carbonyl (C=O) groups excluding carboxylic acids is 1. The molecule has 2 aliphatic carbocycles. The van der Waals surface area contributed by atoms with Gasteiger partial charge in [0.25, 0.3) is 5.91 Å². The summed E-state index contributed by atoms with van der Waals surface area (Å²) in [5, 5.41) is 21.5. The van der Waals surface area contributed by atoms with Gasteiger partial charge in [0.2, 0.25) is 0 Å². The first-order valence-electron chi connectivity index (χ1n) is 11.6. The minimum Gasteiger partial charge on any atom is -0.481 e. The van der Waals surface area contributed by atoms with E-state index in [1.807, 2.05) is 42.5 Å². The summed E-state index contributed by atoms with van der Waals surface area (Å²) in [4.78, 5) is 31.2. The molecular formula is C27H26N2O4. The highest BCUT2D eigenvalue weighted by Gasteiger charge is 2.73. The third-order valence-corrected chi connectivity index (χ3v) is 8.20. The lowest BCUT2D eigenvalue weighted by molar-refractivity contribution is -0.145. The van der Waals surface area contributed by atoms with Gasteiger partial charge >= 0.3 is 5.97 Å². The number of aliphatic hydroxyl groups is 1. The fraction of sp³-hybridized carbons (Fsp3) is 0.370. The van der Waals surface area contributed by atoms with E-state index in [-0.39, 0.29) is 11.3 Å². The van der Waals surface area contributed by atoms with Crippen molar-refractivity contribution in [3.05, 3.63) is 66.4 Å². The molecule has 168 valence electrons. The van der Waals surface area contributed by atoms with Crippen molar-refractivity contribution in [1.82, 2.24) is 9.88 Å². The molecule has 6 rings (SSSR count). The second-order valence-electron chi connectivity index (χ2n) is 9.98. The highest BCUT2D eigenvalue weighted by molar-refractivity contribution is 5.90. The Morgan fingerprint density at radius 1 is 0.909 bits per heavy atom. The number of carboxylic acids is 1. The number of likely N-dealkylation sites (tertiary alicyclic amines) is 1. The molecule has 1 spiro atoms. The second-order valence-corrected chi connectivity index (χ2v) is 9.98. The number of rotatable bonds is 4. The molecule has 1 saturated heterocycles. The second kappa shape index (κ2) is 6.87. The summed E-state index contributed by atoms with van der Waals surface area (Å²) in [5.41, 5.74) is 1.45. The third-order valence-electron chi connectivity index (χ3n) is 8.20. The van der Waals surface area contributed by atoms with E-state index in [9.17, 15) is 19.8 Å². The average molecular weight is 443 g/mol. The van der Waals surface area contributed by atoms with Gasteiger partial charge < -0.3 is 15.1 Å². The number of hydrogen-bond donors (Lipinski definition) is 2. The smallest absolute Gasteiger partial charge is 0.314 e. The molecular weight excluding hydrogens is 416 g/mol. The molecule has 1 atom stereocenters. The van der Waals surface area contributed by atoms with Gasteiger partial charge in [-0.05, 0) is 66.3 Å². The first kappa shape index (κ1) is 20.4. The number of aromatic nitrogens is 1. The number of nitrogens with zero attached hydrogens (tertiary/aromatic N) is 2. The van der Waals surface area contributed by atoms with Gasteiger partial charge in [0, 0.05) is 24.7 Å². The van der Waals surface area contributed by atoms with Crippen molar-refractivity contribution in [3.8, 4) is 11.1 Å². The third kappa shape index (κ3) is 3.00. The molecule has 6 heteroatoms. The highest BCUT2D eigenvalue weighted by atomic mass is 16.4. The normalized spacial score (nSPS) is 24.6. The summed E-state index contributed by atoms with van der Waals surface area (Å²) in [6.07, 6.45) is 4.75. The maximum absolute atomic E-state index is 12.5. The summed E-state index contributed by atoms with van der Waals surface area (Å²) in [6, 6.07) is 18.0. The lowest BCUT2D eigenvalue weighted by Gasteiger charge is -2.36. The van der Waals surface area contributed by atoms with Crippen LogP contribution in [0.4, 0.5) is 0 Å². The van der Waals surface area contributed by atoms with Crippen LogP contribution in [0.5, 0.6) is 0 Å². The maximum Gasteiger partial charge on any atom is 0.314 e. The van der Waals surface area contributed by atoms with Crippen LogP contribution in [0.25, 0.3) is 22.0 Å². The summed E-state index contributed by atoms with van der Waals surface area (Å²) in [5.74, 6) is -0.973. The topological polar surface area (TPSA) is 90.7 Å². The maximum atomic E-state index is 12.5. The number of pyridine rings is 1. The first-order chi connectivity index (χ1) is 15.9. The summed E-state index contributed by atoms with van der Waals surface area (Å²) in [7, 11) is 0. The monoisotopic (exact) mass is 442 g/mol. The molecule has 3 aliphatic rings. The van der Waals surface area contributed by atoms with Gasteiger partial charge in [-0.15, -0.1) is 0 Å². The highest BCUT2D eigenvalue weighted by Crippen LogP contribution is 2.70. The number of aliphatic carboxylic acids is 1. The van der Waals surface area contributed by atoms with E-state index in [4.69, 9.17) is 0 Å². The van der Waals surface area contributed by atoms with Crippen LogP contribution in [0.15, 0.2) is 60.8 Å². The SMILES string of the molecule is O=C(N1CCC2(CC1)CC2(C(=O)O)c1ccc(-c2ccc3cccnc3c2)cc1)C1(O)CC1. The van der Waals surface area contributed by atoms with E-state index in [1.54, 1.807) is 11.1 Å². The summed E-state index contributed by atoms with van der Waals surface area (Å²) >= 11 is 0. The van der Waals surface area contributed by atoms with Crippen molar-refractivity contribution >= 4 is 22.8 Å². The molecule has 0 bridgehead atoms. The van der Waals surface area contributed by atoms with Gasteiger partial charge in [0.15, 0.2) is 0 Å². The zero-order chi connectivity index (χ0) is 22.8. The minimum atomic E-state index is -1.16. The quantitative estimate of drug-likeness (QED) is 0.642. The Morgan fingerprint density at radius 3 is 2.27 bits per heavy atom. The fourth-order valence-electron chi connectivity index (χ4n) is 5.86. The molecule has 1 aliphatic heterocycles. The number of benzene rings is 2. The van der Waals surface area contributed by atoms with E-state index in [0.717, 1.165) is 27.6 Å². The lowest BCUT2D eigenvalue weighted by atomic mass is 9.79. The molecule has 2 N–H and O–H groups in total. The predicted octanol–water partition coefficient (Wildman–Crippen LogP) is 3.76. The Hall–Kier alpha value is -3.25. The lowest BCUT2D eigenvalue weighted by Crippen LogP contribution is -2.47. The van der Waals surface area contributed by atoms with Crippen LogP contribution in [0, 0.1) is 5.41 Å². The van der Waals surface area contributed by atoms with Crippen LogP contribution in [0.1, 0.15) is 37.7 Å². The molecule has 2 saturated carbocycles. The van der Waals surface area contributed by atoms with E-state index in [2.05, 4.69) is 17.1 Å². The Kier molecular flexibility index (Phi) is 4.24. The minimum absolute atomic E-state index is 0.187. The first-order valence-corrected chi connectivity index (χ1v) is 11.6. The average Bonchev–Trinajstić information content (AvgIpc) is 3.75. The Morgan fingerprint density at radius 2 is 1.61 bits per heavy atom. The van der Waals surface area contributed by atoms with E-state index in [1.165, 1.54) is 0 Å². The predicted molar refractivity (Wildman–Crippen MR) is 124 cm³/mol. The molecule has 3 aromatic rings. The fourth-order valence-corrected chi connectivity index (χ4v) is 5.86. The Labute approximate surface area is 191 Å². The molecule has 0 radical (unpaired) electrons. The van der Waals surface area contributed by atoms with Crippen LogP contribution in [-0.2, 0) is 15.0 Å². The Bertz CT molecular complexity index is 1270. The van der Waals surface area contributed by atoms with Crippen molar-refractivity contribution in [2.45, 2.75) is 43.1 Å². The number of carboxylic acid groups (broad SMARTS) is 1. The van der Waals surface area contributed by atoms with Gasteiger partial charge in [-0.1, -0.05) is 42.5 Å². The van der Waals surface area contributed by atoms with Gasteiger partial charge in [0.05, 0.1) is 10.9 Å². The van der Waals surface area contributed by atoms with Crippen LogP contribution < -0.4 is 0 Å². The number of fused-ring (bicyclic) bond motifs is 1. The van der Waals surface area contributed by atoms with E-state index >= 15 is 0 Å². The van der Waals surface area contributed by atoms with Crippen molar-refractivity contribution < 1.29 is 19.8 Å². The van der Waals surface area contributed by atoms with Gasteiger partial charge in [-0.3, -0.25) is 14.6 Å². The molecule has 2 aromatic carbocycles. The molecule has 1 amide bonds. The zero-order valence-electron chi connectivity index (χ0n) is 18.3. The summed E-state index contributed by atoms with van der Waals surface area (Å²) in [6.45, 7) is 1.02. The van der Waals surface area contributed by atoms with Gasteiger partial charge in [0.1, 0.15) is 5.60 Å². The van der Waals surface area contributed by atoms with Crippen molar-refractivity contribution in [3.63, 3.8) is 0 Å². The number of carbonyl (C=O) groups is 2. The standard InChI is InChI=1S/C27H26N2O4/c30-23(26(33)9-10-26)29-14-11-25(12-15-29)17-27(25,24(31)32)21-7-5-18(6-8-21)20-4-3-19-2-1-13-28-22(19)16-20/h1-8,13,16,33H,9-12,14-15,17H2,(H,31,32).